The zero-order valence-electron chi connectivity index (χ0n) is 29.3. The van der Waals surface area contributed by atoms with Gasteiger partial charge in [0.25, 0.3) is 5.69 Å². The Morgan fingerprint density at radius 3 is 2.51 bits per heavy atom. The number of fused-ring (bicyclic) bond motifs is 3. The van der Waals surface area contributed by atoms with Gasteiger partial charge >= 0.3 is 12.1 Å². The number of nitro benzene ring substituents is 1. The van der Waals surface area contributed by atoms with Crippen molar-refractivity contribution in [2.75, 3.05) is 24.5 Å². The quantitative estimate of drug-likeness (QED) is 0.116. The highest BCUT2D eigenvalue weighted by Crippen LogP contribution is 2.53. The van der Waals surface area contributed by atoms with Gasteiger partial charge in [0.15, 0.2) is 0 Å². The van der Waals surface area contributed by atoms with Gasteiger partial charge in [0.2, 0.25) is 0 Å². The summed E-state index contributed by atoms with van der Waals surface area (Å²) < 4.78 is 11.5. The largest absolute Gasteiger partial charge is 0.452 e. The molecular formula is C39H42N6O6. The molecule has 2 aliphatic heterocycles. The van der Waals surface area contributed by atoms with E-state index in [2.05, 4.69) is 63.4 Å². The summed E-state index contributed by atoms with van der Waals surface area (Å²) >= 11 is 0. The molecule has 1 aromatic heterocycles. The molecule has 1 amide bonds. The molecule has 7 rings (SSSR count). The van der Waals surface area contributed by atoms with E-state index in [1.54, 1.807) is 0 Å². The maximum Gasteiger partial charge on any atom is 0.407 e. The minimum absolute atomic E-state index is 0.000959. The van der Waals surface area contributed by atoms with Gasteiger partial charge < -0.3 is 19.7 Å². The number of hydrogen-bond acceptors (Lipinski definition) is 10. The van der Waals surface area contributed by atoms with Crippen LogP contribution in [-0.2, 0) is 28.0 Å². The number of rotatable bonds is 8. The predicted octanol–water partition coefficient (Wildman–Crippen LogP) is 7.11. The molecule has 51 heavy (non-hydrogen) atoms. The maximum absolute atomic E-state index is 13.2. The van der Waals surface area contributed by atoms with E-state index in [-0.39, 0.29) is 22.6 Å². The van der Waals surface area contributed by atoms with Gasteiger partial charge in [-0.25, -0.2) is 19.6 Å². The third-order valence-corrected chi connectivity index (χ3v) is 9.99. The summed E-state index contributed by atoms with van der Waals surface area (Å²) in [7, 11) is 0. The van der Waals surface area contributed by atoms with Crippen molar-refractivity contribution >= 4 is 29.3 Å². The Kier molecular flexibility index (Phi) is 8.96. The van der Waals surface area contributed by atoms with Crippen LogP contribution in [0, 0.1) is 10.1 Å². The fourth-order valence-electron chi connectivity index (χ4n) is 7.89. The Hall–Kier alpha value is -5.36. The maximum atomic E-state index is 13.2. The van der Waals surface area contributed by atoms with Crippen molar-refractivity contribution in [1.82, 2.24) is 20.2 Å². The van der Waals surface area contributed by atoms with Gasteiger partial charge in [0.1, 0.15) is 23.9 Å². The molecular weight excluding hydrogens is 648 g/mol. The normalized spacial score (nSPS) is 21.0. The van der Waals surface area contributed by atoms with Gasteiger partial charge in [-0.3, -0.25) is 15.0 Å². The molecule has 1 N–H and O–H groups in total. The molecule has 0 saturated carbocycles. The van der Waals surface area contributed by atoms with E-state index in [9.17, 15) is 19.7 Å². The number of aromatic nitrogens is 2. The number of nitrogens with one attached hydrogen (secondary N) is 1. The number of non-ortho nitro benzene ring substituents is 1. The second-order valence-corrected chi connectivity index (χ2v) is 14.8. The number of benzene rings is 3. The number of esters is 1. The molecule has 0 bridgehead atoms. The van der Waals surface area contributed by atoms with Crippen LogP contribution in [0.4, 0.5) is 22.0 Å². The van der Waals surface area contributed by atoms with Crippen molar-refractivity contribution < 1.29 is 24.0 Å². The summed E-state index contributed by atoms with van der Waals surface area (Å²) in [5.74, 6) is 0.228. The second kappa shape index (κ2) is 13.4. The number of carbonyl (C=O) groups excluding carboxylic acids is 2. The number of nitro groups is 1. The summed E-state index contributed by atoms with van der Waals surface area (Å²) in [5, 5.41) is 14.1. The molecule has 3 aliphatic rings. The van der Waals surface area contributed by atoms with Crippen LogP contribution in [0.5, 0.6) is 0 Å². The first-order valence-corrected chi connectivity index (χ1v) is 17.3. The molecule has 12 heteroatoms. The highest BCUT2D eigenvalue weighted by atomic mass is 16.6. The Labute approximate surface area is 297 Å². The third-order valence-electron chi connectivity index (χ3n) is 9.99. The van der Waals surface area contributed by atoms with Crippen molar-refractivity contribution in [2.24, 2.45) is 0 Å². The first kappa shape index (κ1) is 34.1. The Balaban J connectivity index is 1.21. The van der Waals surface area contributed by atoms with Crippen LogP contribution in [0.2, 0.25) is 0 Å². The molecule has 3 atom stereocenters. The topological polar surface area (TPSA) is 140 Å². The van der Waals surface area contributed by atoms with E-state index in [1.165, 1.54) is 41.7 Å². The third kappa shape index (κ3) is 6.88. The molecule has 1 aliphatic carbocycles. The van der Waals surface area contributed by atoms with E-state index in [0.29, 0.717) is 25.2 Å². The number of ether oxygens (including phenoxy) is 2. The summed E-state index contributed by atoms with van der Waals surface area (Å²) in [6.45, 7) is 11.3. The lowest BCUT2D eigenvalue weighted by Crippen LogP contribution is -2.37. The fourth-order valence-corrected chi connectivity index (χ4v) is 7.89. The molecule has 1 saturated heterocycles. The smallest absolute Gasteiger partial charge is 0.407 e. The summed E-state index contributed by atoms with van der Waals surface area (Å²) in [6.07, 6.45) is 1.96. The number of hydrogen-bond donors (Lipinski definition) is 1. The van der Waals surface area contributed by atoms with Crippen LogP contribution in [0.15, 0.2) is 79.1 Å². The summed E-state index contributed by atoms with van der Waals surface area (Å²) in [4.78, 5) is 50.8. The Morgan fingerprint density at radius 1 is 1.02 bits per heavy atom. The highest BCUT2D eigenvalue weighted by Gasteiger charge is 2.50. The second-order valence-electron chi connectivity index (χ2n) is 14.8. The van der Waals surface area contributed by atoms with Crippen molar-refractivity contribution in [3.63, 3.8) is 0 Å². The van der Waals surface area contributed by atoms with Gasteiger partial charge in [-0.2, -0.15) is 0 Å². The van der Waals surface area contributed by atoms with Crippen LogP contribution in [0.1, 0.15) is 90.9 Å². The monoisotopic (exact) mass is 690 g/mol. The van der Waals surface area contributed by atoms with E-state index in [1.807, 2.05) is 32.9 Å². The molecule has 3 aromatic carbocycles. The van der Waals surface area contributed by atoms with Crippen LogP contribution in [0.3, 0.4) is 0 Å². The average Bonchev–Trinajstić information content (AvgIpc) is 3.76. The minimum atomic E-state index is -0.609. The van der Waals surface area contributed by atoms with Crippen molar-refractivity contribution in [3.8, 4) is 0 Å². The number of alkyl carbamates (subject to hydrolysis) is 1. The van der Waals surface area contributed by atoms with Crippen LogP contribution < -0.4 is 10.2 Å². The lowest BCUT2D eigenvalue weighted by atomic mass is 9.79. The van der Waals surface area contributed by atoms with Gasteiger partial charge in [-0.15, -0.1) is 0 Å². The molecule has 1 fully saturated rings. The number of likely N-dealkylation sites (tertiary alicyclic amines) is 1. The number of carbonyl (C=O) groups is 2. The standard InChI is InChI=1S/C39H42N6O6/c1-25-19-31(50-36(46)27-13-15-29(16-14-27)45(48)49)34-32(25)35(42-24-41-34)44-23-39(17-18-43(22-39)21-26-9-6-5-7-10-26)33-28(11-8-12-30(33)44)20-40-37(47)51-38(2,3)4/h5-16,24-25,31H,17-23H2,1-4H3,(H,40,47)/t25-,31-,39?/m1/s1. The van der Waals surface area contributed by atoms with Crippen LogP contribution >= 0.6 is 0 Å². The van der Waals surface area contributed by atoms with Crippen molar-refractivity contribution in [1.29, 1.82) is 0 Å². The molecule has 1 spiro atoms. The van der Waals surface area contributed by atoms with E-state index in [0.717, 1.165) is 48.7 Å². The van der Waals surface area contributed by atoms with E-state index < -0.39 is 28.7 Å². The fraction of sp³-hybridized carbons (Fsp3) is 0.385. The summed E-state index contributed by atoms with van der Waals surface area (Å²) in [6, 6.07) is 22.1. The first-order valence-electron chi connectivity index (χ1n) is 17.3. The average molecular weight is 691 g/mol. The minimum Gasteiger partial charge on any atom is -0.452 e. The summed E-state index contributed by atoms with van der Waals surface area (Å²) in [5.41, 5.74) is 5.47. The Morgan fingerprint density at radius 2 is 1.78 bits per heavy atom. The molecule has 12 nitrogen and oxygen atoms in total. The zero-order valence-corrected chi connectivity index (χ0v) is 29.3. The highest BCUT2D eigenvalue weighted by molar-refractivity contribution is 5.90. The molecule has 3 heterocycles. The molecule has 4 aromatic rings. The number of amides is 1. The van der Waals surface area contributed by atoms with Gasteiger partial charge in [-0.1, -0.05) is 49.4 Å². The first-order chi connectivity index (χ1) is 24.4. The van der Waals surface area contributed by atoms with E-state index >= 15 is 0 Å². The van der Waals surface area contributed by atoms with Gasteiger partial charge in [0, 0.05) is 55.0 Å². The van der Waals surface area contributed by atoms with Gasteiger partial charge in [-0.05, 0) is 81.0 Å². The van der Waals surface area contributed by atoms with Gasteiger partial charge in [0.05, 0.1) is 16.2 Å². The lowest BCUT2D eigenvalue weighted by molar-refractivity contribution is -0.384. The molecule has 0 radical (unpaired) electrons. The van der Waals surface area contributed by atoms with Crippen molar-refractivity contribution in [2.45, 2.75) is 76.7 Å². The predicted molar refractivity (Wildman–Crippen MR) is 191 cm³/mol. The molecule has 264 valence electrons. The number of anilines is 2. The van der Waals surface area contributed by atoms with Crippen LogP contribution in [-0.4, -0.2) is 57.1 Å². The Bertz CT molecular complexity index is 1960. The zero-order chi connectivity index (χ0) is 35.9. The van der Waals surface area contributed by atoms with E-state index in [4.69, 9.17) is 14.5 Å². The van der Waals surface area contributed by atoms with Crippen LogP contribution in [0.25, 0.3) is 0 Å². The SMILES string of the molecule is C[C@@H]1C[C@@H](OC(=O)c2ccc([N+](=O)[O-])cc2)c2ncnc(N3CC4(CCN(Cc5ccccc5)C4)c4c(CNC(=O)OC(C)(C)C)cccc43)c21. The number of nitrogens with zero attached hydrogens (tertiary/aromatic N) is 5. The molecule has 1 unspecified atom stereocenters. The van der Waals surface area contributed by atoms with Crippen molar-refractivity contribution in [3.05, 3.63) is 123 Å². The lowest BCUT2D eigenvalue weighted by Gasteiger charge is -2.28.